The van der Waals surface area contributed by atoms with Gasteiger partial charge in [-0.2, -0.15) is 0 Å². The smallest absolute Gasteiger partial charge is 0.193 e. The third-order valence-corrected chi connectivity index (χ3v) is 21.3. The number of allylic oxidation sites excluding steroid dienone is 4. The predicted octanol–water partition coefficient (Wildman–Crippen LogP) is 17.8. The van der Waals surface area contributed by atoms with Gasteiger partial charge in [0.05, 0.1) is 44.8 Å². The molecule has 0 radical (unpaired) electrons. The summed E-state index contributed by atoms with van der Waals surface area (Å²) >= 11 is 3.90. The van der Waals surface area contributed by atoms with Crippen molar-refractivity contribution in [2.75, 3.05) is 9.80 Å². The summed E-state index contributed by atoms with van der Waals surface area (Å²) in [6.45, 7) is 0. The Hall–Kier alpha value is -8.87. The lowest BCUT2D eigenvalue weighted by Crippen LogP contribution is -2.41. The SMILES string of the molecule is O=C(c1ccc2c(c1)C1(c3ccccc3-c3ccccc31)c1ccccc1-2)c1ccc2c(c1)C1(c3ccccc3-2)c2cc(N3c4ccccc4SC4C=CC=CC43)ccc2-c2ccc(N3c4ccccc4SC4C=CC=CC43)cc21. The largest absolute Gasteiger partial charge is 0.332 e. The van der Waals surface area contributed by atoms with Crippen LogP contribution in [0.15, 0.2) is 277 Å². The number of para-hydroxylation sites is 2. The highest BCUT2D eigenvalue weighted by Crippen LogP contribution is 2.66. The number of hydrogen-bond donors (Lipinski definition) is 0. The minimum atomic E-state index is -0.767. The number of thioether (sulfide) groups is 2. The number of ketones is 1. The van der Waals surface area contributed by atoms with E-state index in [1.165, 1.54) is 93.5 Å². The average molecular weight is 1060 g/mol. The van der Waals surface area contributed by atoms with E-state index in [-0.39, 0.29) is 28.4 Å². The van der Waals surface area contributed by atoms with Gasteiger partial charge in [-0.3, -0.25) is 4.79 Å². The molecule has 10 aromatic rings. The van der Waals surface area contributed by atoms with E-state index in [4.69, 9.17) is 0 Å². The van der Waals surface area contributed by atoms with Gasteiger partial charge in [0.15, 0.2) is 5.78 Å². The van der Waals surface area contributed by atoms with Gasteiger partial charge < -0.3 is 9.80 Å². The first-order valence-electron chi connectivity index (χ1n) is 27.9. The number of carbonyl (C=O) groups excluding carboxylic acids is 1. The quantitative estimate of drug-likeness (QED) is 0.164. The fraction of sp³-hybridized carbons (Fsp3) is 0.0800. The first-order valence-corrected chi connectivity index (χ1v) is 29.7. The number of hydrogen-bond acceptors (Lipinski definition) is 5. The van der Waals surface area contributed by atoms with Crippen molar-refractivity contribution in [3.05, 3.63) is 323 Å². The maximum absolute atomic E-state index is 16.0. The molecule has 8 aliphatic rings. The van der Waals surface area contributed by atoms with E-state index in [1.807, 2.05) is 23.5 Å². The van der Waals surface area contributed by atoms with Gasteiger partial charge >= 0.3 is 0 Å². The van der Waals surface area contributed by atoms with Crippen LogP contribution in [0.4, 0.5) is 22.7 Å². The summed E-state index contributed by atoms with van der Waals surface area (Å²) in [6, 6.07) is 81.4. The van der Waals surface area contributed by atoms with Gasteiger partial charge in [0.25, 0.3) is 0 Å². The zero-order valence-corrected chi connectivity index (χ0v) is 45.0. The second-order valence-electron chi connectivity index (χ2n) is 22.4. The van der Waals surface area contributed by atoms with E-state index >= 15 is 4.79 Å². The Morgan fingerprint density at radius 1 is 0.325 bits per heavy atom. The minimum Gasteiger partial charge on any atom is -0.332 e. The van der Waals surface area contributed by atoms with Crippen LogP contribution in [0.2, 0.25) is 0 Å². The third-order valence-electron chi connectivity index (χ3n) is 18.7. The first-order chi connectivity index (χ1) is 39.6. The molecule has 80 heavy (non-hydrogen) atoms. The predicted molar refractivity (Wildman–Crippen MR) is 330 cm³/mol. The molecule has 10 aromatic carbocycles. The molecular weight excluding hydrogens is 1010 g/mol. The fourth-order valence-corrected chi connectivity index (χ4v) is 18.1. The van der Waals surface area contributed by atoms with Gasteiger partial charge in [0, 0.05) is 32.3 Å². The fourth-order valence-electron chi connectivity index (χ4n) is 15.6. The normalized spacial score (nSPS) is 21.4. The molecule has 2 spiro atoms. The van der Waals surface area contributed by atoms with Gasteiger partial charge in [-0.05, 0) is 150 Å². The molecule has 376 valence electrons. The number of nitrogens with zero attached hydrogens (tertiary/aromatic N) is 2. The average Bonchev–Trinajstić information content (AvgIpc) is 4.21. The summed E-state index contributed by atoms with van der Waals surface area (Å²) in [5.41, 5.74) is 24.3. The van der Waals surface area contributed by atoms with Gasteiger partial charge in [-0.15, -0.1) is 23.5 Å². The topological polar surface area (TPSA) is 23.6 Å². The monoisotopic (exact) mass is 1060 g/mol. The Bertz CT molecular complexity index is 4340. The molecule has 6 aliphatic carbocycles. The summed E-state index contributed by atoms with van der Waals surface area (Å²) in [5.74, 6) is 0.0181. The van der Waals surface area contributed by atoms with Crippen molar-refractivity contribution >= 4 is 52.1 Å². The van der Waals surface area contributed by atoms with E-state index in [0.717, 1.165) is 28.1 Å². The molecule has 4 atom stereocenters. The van der Waals surface area contributed by atoms with Crippen LogP contribution < -0.4 is 9.80 Å². The summed E-state index contributed by atoms with van der Waals surface area (Å²) < 4.78 is 0. The van der Waals surface area contributed by atoms with Crippen molar-refractivity contribution in [2.45, 2.75) is 43.2 Å². The lowest BCUT2D eigenvalue weighted by atomic mass is 9.69. The lowest BCUT2D eigenvalue weighted by molar-refractivity contribution is 0.103. The van der Waals surface area contributed by atoms with E-state index in [0.29, 0.717) is 11.1 Å². The molecule has 3 nitrogen and oxygen atoms in total. The molecule has 0 fully saturated rings. The molecule has 0 saturated heterocycles. The van der Waals surface area contributed by atoms with Crippen LogP contribution in [0.25, 0.3) is 44.5 Å². The van der Waals surface area contributed by atoms with Gasteiger partial charge in [-0.25, -0.2) is 0 Å². The molecule has 18 rings (SSSR count). The molecule has 0 saturated carbocycles. The van der Waals surface area contributed by atoms with Crippen molar-refractivity contribution < 1.29 is 4.79 Å². The number of rotatable bonds is 4. The van der Waals surface area contributed by atoms with Gasteiger partial charge in [0.1, 0.15) is 0 Å². The van der Waals surface area contributed by atoms with Crippen LogP contribution in [0, 0.1) is 0 Å². The first kappa shape index (κ1) is 45.0. The maximum Gasteiger partial charge on any atom is 0.193 e. The van der Waals surface area contributed by atoms with Crippen LogP contribution >= 0.6 is 23.5 Å². The zero-order valence-electron chi connectivity index (χ0n) is 43.3. The second kappa shape index (κ2) is 16.6. The van der Waals surface area contributed by atoms with E-state index in [1.54, 1.807) is 0 Å². The van der Waals surface area contributed by atoms with Crippen LogP contribution in [-0.4, -0.2) is 28.4 Å². The maximum atomic E-state index is 16.0. The number of carbonyl (C=O) groups is 1. The number of anilines is 4. The van der Waals surface area contributed by atoms with Gasteiger partial charge in [0.2, 0.25) is 0 Å². The minimum absolute atomic E-state index is 0.0181. The highest BCUT2D eigenvalue weighted by atomic mass is 32.2. The summed E-state index contributed by atoms with van der Waals surface area (Å²) in [4.78, 5) is 23.7. The molecule has 2 aliphatic heterocycles. The van der Waals surface area contributed by atoms with Crippen LogP contribution in [0.1, 0.15) is 60.4 Å². The number of benzene rings is 10. The summed E-state index contributed by atoms with van der Waals surface area (Å²) in [7, 11) is 0. The van der Waals surface area contributed by atoms with Crippen molar-refractivity contribution in [3.8, 4) is 44.5 Å². The Balaban J connectivity index is 0.859. The molecule has 0 bridgehead atoms. The summed E-state index contributed by atoms with van der Waals surface area (Å²) in [5, 5.41) is 0.524. The van der Waals surface area contributed by atoms with Crippen LogP contribution in [0.5, 0.6) is 0 Å². The molecule has 0 aromatic heterocycles. The zero-order chi connectivity index (χ0) is 52.4. The number of fused-ring (bicyclic) bond motifs is 24. The van der Waals surface area contributed by atoms with Crippen LogP contribution in [-0.2, 0) is 10.8 Å². The molecule has 5 heteroatoms. The third kappa shape index (κ3) is 5.80. The van der Waals surface area contributed by atoms with Crippen molar-refractivity contribution in [1.82, 2.24) is 0 Å². The molecule has 0 N–H and O–H groups in total. The van der Waals surface area contributed by atoms with Crippen molar-refractivity contribution in [3.63, 3.8) is 0 Å². The van der Waals surface area contributed by atoms with E-state index in [2.05, 4.69) is 277 Å². The molecular formula is C75H48N2OS2. The Labute approximate surface area is 474 Å². The molecule has 2 heterocycles. The van der Waals surface area contributed by atoms with Crippen molar-refractivity contribution in [1.29, 1.82) is 0 Å². The summed E-state index contributed by atoms with van der Waals surface area (Å²) in [6.07, 6.45) is 18.3. The molecule has 4 unspecified atom stereocenters. The van der Waals surface area contributed by atoms with Crippen LogP contribution in [0.3, 0.4) is 0 Å². The molecule has 0 amide bonds. The Kier molecular flexibility index (Phi) is 9.34. The highest BCUT2D eigenvalue weighted by molar-refractivity contribution is 8.00. The van der Waals surface area contributed by atoms with Gasteiger partial charge in [-0.1, -0.05) is 206 Å². The Morgan fingerprint density at radius 2 is 0.650 bits per heavy atom. The Morgan fingerprint density at radius 3 is 1.07 bits per heavy atom. The van der Waals surface area contributed by atoms with Crippen molar-refractivity contribution in [2.24, 2.45) is 0 Å². The second-order valence-corrected chi connectivity index (χ2v) is 24.8. The standard InChI is InChI=1S/C75H48N2OS2/c78-73(45-33-37-53-51-19-3-7-23-59(51)74(61(53)41-45)57-21-5-1-17-49(57)50-18-2-6-22-58(50)74)46-34-38-54-52-20-4-8-24-60(52)75(62(54)42-46)63-43-47(76-65-25-9-13-29-69(65)79-70-30-14-10-26-66(70)76)35-39-55(63)56-40-36-48(44-64(56)75)77-67-27-11-15-31-71(67)80-72-32-16-12-28-68(72)77/h1-44,65,67,69,71H. The van der Waals surface area contributed by atoms with E-state index < -0.39 is 10.8 Å². The highest BCUT2D eigenvalue weighted by Gasteiger charge is 2.54. The van der Waals surface area contributed by atoms with E-state index in [9.17, 15) is 0 Å². The lowest BCUT2D eigenvalue weighted by Gasteiger charge is -2.42.